The second-order valence-corrected chi connectivity index (χ2v) is 7.12. The van der Waals surface area contributed by atoms with Crippen LogP contribution in [0.4, 0.5) is 0 Å². The van der Waals surface area contributed by atoms with Crippen LogP contribution in [0.5, 0.6) is 0 Å². The molecule has 0 radical (unpaired) electrons. The zero-order chi connectivity index (χ0) is 19.7. The van der Waals surface area contributed by atoms with E-state index in [1.807, 2.05) is 30.3 Å². The highest BCUT2D eigenvalue weighted by Crippen LogP contribution is 2.42. The summed E-state index contributed by atoms with van der Waals surface area (Å²) >= 11 is 0. The number of aromatic nitrogens is 2. The largest absolute Gasteiger partial charge is 0.393 e. The van der Waals surface area contributed by atoms with Crippen LogP contribution in [0.2, 0.25) is 0 Å². The predicted molar refractivity (Wildman–Crippen MR) is 96.5 cm³/mol. The molecule has 4 rings (SSSR count). The summed E-state index contributed by atoms with van der Waals surface area (Å²) in [6.07, 6.45) is -0.00912. The minimum atomic E-state index is -1.16. The molecule has 1 aromatic heterocycles. The first-order valence-electron chi connectivity index (χ1n) is 9.07. The van der Waals surface area contributed by atoms with Crippen molar-refractivity contribution in [3.05, 3.63) is 68.5 Å². The Morgan fingerprint density at radius 3 is 2.86 bits per heavy atom. The maximum Gasteiger partial charge on any atom is 0.330 e. The van der Waals surface area contributed by atoms with E-state index in [1.165, 1.54) is 10.8 Å². The van der Waals surface area contributed by atoms with Crippen LogP contribution in [0.15, 0.2) is 46.1 Å². The predicted octanol–water partition coefficient (Wildman–Crippen LogP) is 0.411. The van der Waals surface area contributed by atoms with E-state index in [1.54, 1.807) is 6.92 Å². The summed E-state index contributed by atoms with van der Waals surface area (Å²) in [6.45, 7) is 1.60. The molecule has 9 nitrogen and oxygen atoms in total. The Balaban J connectivity index is 1.50. The van der Waals surface area contributed by atoms with Gasteiger partial charge < -0.3 is 14.6 Å². The van der Waals surface area contributed by atoms with E-state index in [0.717, 1.165) is 5.56 Å². The Hall–Kier alpha value is -2.30. The molecule has 0 spiro atoms. The number of hydrogen-bond acceptors (Lipinski definition) is 7. The molecule has 2 N–H and O–H groups in total. The lowest BCUT2D eigenvalue weighted by Gasteiger charge is -2.40. The Kier molecular flexibility index (Phi) is 5.17. The standard InChI is InChI=1S/C19H22N2O7/c1-12-8-21(18(24)20-17(12)23)15-7-14-16(19(10-22,27-15)11-25-14)28-26-9-13-5-3-2-4-6-13/h2-6,8,14-16,22H,7,9-11H2,1H3,(H,20,23,24)/t14?,15-,16+,19+/m1/s1. The molecule has 0 saturated carbocycles. The number of H-pyrrole nitrogens is 1. The Morgan fingerprint density at radius 1 is 1.32 bits per heavy atom. The summed E-state index contributed by atoms with van der Waals surface area (Å²) in [5.74, 6) is 0. The lowest BCUT2D eigenvalue weighted by molar-refractivity contribution is -0.379. The van der Waals surface area contributed by atoms with Gasteiger partial charge in [-0.3, -0.25) is 14.3 Å². The van der Waals surface area contributed by atoms with Crippen molar-refractivity contribution in [2.75, 3.05) is 13.2 Å². The van der Waals surface area contributed by atoms with Crippen molar-refractivity contribution >= 4 is 0 Å². The van der Waals surface area contributed by atoms with Gasteiger partial charge in [0.05, 0.1) is 19.3 Å². The Labute approximate surface area is 160 Å². The van der Waals surface area contributed by atoms with Gasteiger partial charge in [-0.05, 0) is 12.5 Å². The van der Waals surface area contributed by atoms with Crippen LogP contribution in [0.1, 0.15) is 23.8 Å². The first kappa shape index (κ1) is 19.0. The fourth-order valence-electron chi connectivity index (χ4n) is 3.61. The number of ether oxygens (including phenoxy) is 2. The van der Waals surface area contributed by atoms with Gasteiger partial charge in [-0.1, -0.05) is 30.3 Å². The summed E-state index contributed by atoms with van der Waals surface area (Å²) < 4.78 is 13.1. The zero-order valence-corrected chi connectivity index (χ0v) is 15.4. The quantitative estimate of drug-likeness (QED) is 0.543. The van der Waals surface area contributed by atoms with Crippen molar-refractivity contribution in [1.82, 2.24) is 9.55 Å². The molecule has 4 atom stereocenters. The summed E-state index contributed by atoms with van der Waals surface area (Å²) in [5, 5.41) is 10.0. The molecule has 2 fully saturated rings. The number of hydrogen-bond donors (Lipinski definition) is 2. The van der Waals surface area contributed by atoms with Crippen LogP contribution in [0.3, 0.4) is 0 Å². The molecule has 9 heteroatoms. The normalized spacial score (nSPS) is 29.1. The van der Waals surface area contributed by atoms with E-state index in [0.29, 0.717) is 12.0 Å². The number of aliphatic hydroxyl groups excluding tert-OH is 1. The molecule has 0 amide bonds. The van der Waals surface area contributed by atoms with Gasteiger partial charge in [0, 0.05) is 18.2 Å². The van der Waals surface area contributed by atoms with E-state index in [4.69, 9.17) is 19.2 Å². The van der Waals surface area contributed by atoms with E-state index in [9.17, 15) is 14.7 Å². The third kappa shape index (κ3) is 3.43. The number of nitrogens with zero attached hydrogens (tertiary/aromatic N) is 1. The number of rotatable bonds is 6. The maximum absolute atomic E-state index is 12.2. The maximum atomic E-state index is 12.2. The van der Waals surface area contributed by atoms with Crippen LogP contribution < -0.4 is 11.2 Å². The summed E-state index contributed by atoms with van der Waals surface area (Å²) in [7, 11) is 0. The van der Waals surface area contributed by atoms with Crippen molar-refractivity contribution in [2.45, 2.75) is 44.0 Å². The average Bonchev–Trinajstić information content (AvgIpc) is 2.91. The lowest BCUT2D eigenvalue weighted by atomic mass is 9.92. The van der Waals surface area contributed by atoms with E-state index < -0.39 is 35.3 Å². The van der Waals surface area contributed by atoms with Gasteiger partial charge >= 0.3 is 5.69 Å². The monoisotopic (exact) mass is 390 g/mol. The fraction of sp³-hybridized carbons (Fsp3) is 0.474. The minimum Gasteiger partial charge on any atom is -0.393 e. The van der Waals surface area contributed by atoms with E-state index >= 15 is 0 Å². The van der Waals surface area contributed by atoms with Crippen molar-refractivity contribution in [2.24, 2.45) is 0 Å². The van der Waals surface area contributed by atoms with Crippen LogP contribution in [-0.2, 0) is 25.9 Å². The lowest BCUT2D eigenvalue weighted by Crippen LogP contribution is -2.56. The van der Waals surface area contributed by atoms with Crippen molar-refractivity contribution < 1.29 is 24.4 Å². The third-order valence-electron chi connectivity index (χ3n) is 5.17. The van der Waals surface area contributed by atoms with Crippen LogP contribution in [-0.4, -0.2) is 45.7 Å². The average molecular weight is 390 g/mol. The Bertz CT molecular complexity index is 941. The first-order chi connectivity index (χ1) is 13.5. The molecular weight excluding hydrogens is 368 g/mol. The molecule has 28 heavy (non-hydrogen) atoms. The Morgan fingerprint density at radius 2 is 2.11 bits per heavy atom. The van der Waals surface area contributed by atoms with Gasteiger partial charge in [-0.2, -0.15) is 0 Å². The molecule has 2 aliphatic heterocycles. The topological polar surface area (TPSA) is 112 Å². The second-order valence-electron chi connectivity index (χ2n) is 7.12. The van der Waals surface area contributed by atoms with Crippen LogP contribution >= 0.6 is 0 Å². The number of aromatic amines is 1. The highest BCUT2D eigenvalue weighted by Gasteiger charge is 2.58. The number of aryl methyl sites for hydroxylation is 1. The van der Waals surface area contributed by atoms with Gasteiger partial charge in [0.25, 0.3) is 5.56 Å². The molecule has 2 aromatic rings. The smallest absolute Gasteiger partial charge is 0.330 e. The van der Waals surface area contributed by atoms with Gasteiger partial charge in [0.1, 0.15) is 18.4 Å². The first-order valence-corrected chi connectivity index (χ1v) is 9.07. The van der Waals surface area contributed by atoms with Gasteiger partial charge in [-0.25, -0.2) is 14.6 Å². The van der Waals surface area contributed by atoms with Crippen molar-refractivity contribution in [1.29, 1.82) is 0 Å². The molecule has 2 saturated heterocycles. The fourth-order valence-corrected chi connectivity index (χ4v) is 3.61. The van der Waals surface area contributed by atoms with E-state index in [-0.39, 0.29) is 19.8 Å². The van der Waals surface area contributed by atoms with Crippen molar-refractivity contribution in [3.8, 4) is 0 Å². The highest BCUT2D eigenvalue weighted by atomic mass is 17.2. The number of benzene rings is 1. The van der Waals surface area contributed by atoms with Gasteiger partial charge in [0.15, 0.2) is 6.10 Å². The molecule has 2 bridgehead atoms. The molecular formula is C19H22N2O7. The van der Waals surface area contributed by atoms with Crippen LogP contribution in [0.25, 0.3) is 0 Å². The SMILES string of the molecule is Cc1cn([C@H]2CC3OC[C@](CO)(O2)[C@H]3OOCc2ccccc2)c(=O)[nH]c1=O. The number of aliphatic hydroxyl groups is 1. The minimum absolute atomic E-state index is 0.112. The number of nitrogens with one attached hydrogen (secondary N) is 1. The molecule has 1 unspecified atom stereocenters. The second kappa shape index (κ2) is 7.61. The molecule has 2 aliphatic rings. The van der Waals surface area contributed by atoms with Gasteiger partial charge in [-0.15, -0.1) is 0 Å². The van der Waals surface area contributed by atoms with Crippen molar-refractivity contribution in [3.63, 3.8) is 0 Å². The third-order valence-corrected chi connectivity index (χ3v) is 5.17. The van der Waals surface area contributed by atoms with Crippen LogP contribution in [0, 0.1) is 6.92 Å². The zero-order valence-electron chi connectivity index (χ0n) is 15.4. The summed E-state index contributed by atoms with van der Waals surface area (Å²) in [5.41, 5.74) is -0.845. The molecule has 1 aromatic carbocycles. The molecule has 150 valence electrons. The molecule has 3 heterocycles. The summed E-state index contributed by atoms with van der Waals surface area (Å²) in [4.78, 5) is 37.0. The summed E-state index contributed by atoms with van der Waals surface area (Å²) in [6, 6.07) is 9.54. The number of fused-ring (bicyclic) bond motifs is 2. The van der Waals surface area contributed by atoms with E-state index in [2.05, 4.69) is 4.98 Å². The molecule has 0 aliphatic carbocycles. The highest BCUT2D eigenvalue weighted by molar-refractivity contribution is 5.13. The van der Waals surface area contributed by atoms with Gasteiger partial charge in [0.2, 0.25) is 0 Å².